The number of carbonyl (C=O) groups is 1. The third kappa shape index (κ3) is 4.31. The number of carbonyl (C=O) groups excluding carboxylic acids is 1. The molecule has 2 atom stereocenters. The first kappa shape index (κ1) is 15.5. The summed E-state index contributed by atoms with van der Waals surface area (Å²) in [6.07, 6.45) is 11.6. The summed E-state index contributed by atoms with van der Waals surface area (Å²) in [7, 11) is 0. The molecule has 2 aromatic heterocycles. The van der Waals surface area contributed by atoms with E-state index in [0.717, 1.165) is 24.2 Å². The highest BCUT2D eigenvalue weighted by molar-refractivity contribution is 5.74. The summed E-state index contributed by atoms with van der Waals surface area (Å²) in [6, 6.07) is 4.07. The van der Waals surface area contributed by atoms with Crippen molar-refractivity contribution in [2.45, 2.75) is 45.2 Å². The summed E-state index contributed by atoms with van der Waals surface area (Å²) >= 11 is 0. The Morgan fingerprint density at radius 3 is 3.09 bits per heavy atom. The molecule has 3 rings (SSSR count). The fourth-order valence-electron chi connectivity index (χ4n) is 3.09. The van der Waals surface area contributed by atoms with Gasteiger partial charge in [0.05, 0.1) is 0 Å². The smallest absolute Gasteiger partial charge is 0.315 e. The van der Waals surface area contributed by atoms with Crippen LogP contribution >= 0.6 is 0 Å². The van der Waals surface area contributed by atoms with E-state index < -0.39 is 0 Å². The van der Waals surface area contributed by atoms with E-state index in [4.69, 9.17) is 0 Å². The van der Waals surface area contributed by atoms with Crippen LogP contribution in [-0.2, 0) is 6.54 Å². The van der Waals surface area contributed by atoms with Crippen LogP contribution in [0.3, 0.4) is 0 Å². The number of amides is 2. The monoisotopic (exact) mass is 313 g/mol. The van der Waals surface area contributed by atoms with Crippen molar-refractivity contribution in [3.63, 3.8) is 0 Å². The fraction of sp³-hybridized carbons (Fsp3) is 0.471. The maximum absolute atomic E-state index is 12.1. The standard InChI is InChI=1S/C17H23N5O/c1-13-3-2-4-15(9-13)21-17(23)20-11-14-5-6-19-16(10-14)22-8-7-18-12-22/h5-8,10,12-13,15H,2-4,9,11H2,1H3,(H2,20,21,23). The lowest BCUT2D eigenvalue weighted by Gasteiger charge is -2.27. The Morgan fingerprint density at radius 2 is 2.30 bits per heavy atom. The molecule has 2 unspecified atom stereocenters. The largest absolute Gasteiger partial charge is 0.335 e. The Kier molecular flexibility index (Phi) is 4.90. The molecule has 6 heteroatoms. The van der Waals surface area contributed by atoms with Crippen LogP contribution in [0, 0.1) is 5.92 Å². The fourth-order valence-corrected chi connectivity index (χ4v) is 3.09. The summed E-state index contributed by atoms with van der Waals surface area (Å²) in [6.45, 7) is 2.73. The van der Waals surface area contributed by atoms with Crippen LogP contribution in [0.1, 0.15) is 38.2 Å². The van der Waals surface area contributed by atoms with Crippen LogP contribution in [0.4, 0.5) is 4.79 Å². The molecule has 0 radical (unpaired) electrons. The average molecular weight is 313 g/mol. The number of hydrogen-bond acceptors (Lipinski definition) is 3. The van der Waals surface area contributed by atoms with E-state index in [-0.39, 0.29) is 6.03 Å². The minimum absolute atomic E-state index is 0.0925. The zero-order chi connectivity index (χ0) is 16.1. The van der Waals surface area contributed by atoms with Gasteiger partial charge in [0.15, 0.2) is 0 Å². The maximum atomic E-state index is 12.1. The molecule has 6 nitrogen and oxygen atoms in total. The van der Waals surface area contributed by atoms with Crippen LogP contribution in [0.5, 0.6) is 0 Å². The van der Waals surface area contributed by atoms with Crippen molar-refractivity contribution in [1.29, 1.82) is 0 Å². The lowest BCUT2D eigenvalue weighted by atomic mass is 9.87. The molecule has 2 amide bonds. The van der Waals surface area contributed by atoms with Gasteiger partial charge in [0, 0.05) is 31.2 Å². The van der Waals surface area contributed by atoms with E-state index >= 15 is 0 Å². The molecule has 1 aliphatic carbocycles. The van der Waals surface area contributed by atoms with Crippen molar-refractivity contribution in [3.8, 4) is 5.82 Å². The molecule has 1 fully saturated rings. The van der Waals surface area contributed by atoms with Gasteiger partial charge in [-0.05, 0) is 36.5 Å². The Hall–Kier alpha value is -2.37. The van der Waals surface area contributed by atoms with Crippen molar-refractivity contribution in [2.75, 3.05) is 0 Å². The van der Waals surface area contributed by atoms with E-state index in [0.29, 0.717) is 18.5 Å². The van der Waals surface area contributed by atoms with Crippen molar-refractivity contribution in [3.05, 3.63) is 42.6 Å². The molecule has 2 heterocycles. The third-order valence-corrected chi connectivity index (χ3v) is 4.30. The van der Waals surface area contributed by atoms with Gasteiger partial charge in [-0.25, -0.2) is 14.8 Å². The van der Waals surface area contributed by atoms with Gasteiger partial charge < -0.3 is 10.6 Å². The highest BCUT2D eigenvalue weighted by atomic mass is 16.2. The molecule has 0 saturated heterocycles. The van der Waals surface area contributed by atoms with Gasteiger partial charge in [-0.3, -0.25) is 4.57 Å². The average Bonchev–Trinajstić information content (AvgIpc) is 3.08. The highest BCUT2D eigenvalue weighted by Gasteiger charge is 2.20. The summed E-state index contributed by atoms with van der Waals surface area (Å²) in [5.74, 6) is 1.50. The third-order valence-electron chi connectivity index (χ3n) is 4.30. The molecule has 2 N–H and O–H groups in total. The van der Waals surface area contributed by atoms with Gasteiger partial charge >= 0.3 is 6.03 Å². The number of pyridine rings is 1. The predicted molar refractivity (Wildman–Crippen MR) is 88.2 cm³/mol. The highest BCUT2D eigenvalue weighted by Crippen LogP contribution is 2.23. The number of hydrogen-bond donors (Lipinski definition) is 2. The lowest BCUT2D eigenvalue weighted by Crippen LogP contribution is -2.43. The Bertz CT molecular complexity index is 640. The molecule has 1 aliphatic rings. The van der Waals surface area contributed by atoms with Gasteiger partial charge in [-0.15, -0.1) is 0 Å². The quantitative estimate of drug-likeness (QED) is 0.911. The predicted octanol–water partition coefficient (Wildman–Crippen LogP) is 2.65. The molecule has 122 valence electrons. The number of rotatable bonds is 4. The topological polar surface area (TPSA) is 71.8 Å². The summed E-state index contributed by atoms with van der Waals surface area (Å²) in [4.78, 5) is 20.4. The van der Waals surface area contributed by atoms with Crippen molar-refractivity contribution < 1.29 is 4.79 Å². The van der Waals surface area contributed by atoms with Crippen molar-refractivity contribution >= 4 is 6.03 Å². The second-order valence-corrected chi connectivity index (χ2v) is 6.29. The van der Waals surface area contributed by atoms with E-state index in [1.165, 1.54) is 12.8 Å². The second kappa shape index (κ2) is 7.26. The number of aromatic nitrogens is 3. The SMILES string of the molecule is CC1CCCC(NC(=O)NCc2ccnc(-n3ccnc3)c2)C1. The summed E-state index contributed by atoms with van der Waals surface area (Å²) in [5.41, 5.74) is 1.01. The van der Waals surface area contributed by atoms with E-state index in [2.05, 4.69) is 27.5 Å². The molecular formula is C17H23N5O. The zero-order valence-electron chi connectivity index (χ0n) is 13.4. The van der Waals surface area contributed by atoms with Crippen LogP contribution in [-0.4, -0.2) is 26.6 Å². The second-order valence-electron chi connectivity index (χ2n) is 6.29. The molecule has 0 spiro atoms. The number of nitrogens with one attached hydrogen (secondary N) is 2. The number of urea groups is 1. The minimum atomic E-state index is -0.0925. The lowest BCUT2D eigenvalue weighted by molar-refractivity contribution is 0.227. The minimum Gasteiger partial charge on any atom is -0.335 e. The van der Waals surface area contributed by atoms with Gasteiger partial charge in [-0.1, -0.05) is 19.8 Å². The molecule has 23 heavy (non-hydrogen) atoms. The molecular weight excluding hydrogens is 290 g/mol. The van der Waals surface area contributed by atoms with Crippen LogP contribution in [0.15, 0.2) is 37.1 Å². The van der Waals surface area contributed by atoms with Crippen molar-refractivity contribution in [1.82, 2.24) is 25.2 Å². The Morgan fingerprint density at radius 1 is 1.39 bits per heavy atom. The number of imidazole rings is 1. The van der Waals surface area contributed by atoms with E-state index in [1.807, 2.05) is 22.9 Å². The molecule has 1 saturated carbocycles. The molecule has 0 bridgehead atoms. The Balaban J connectivity index is 1.52. The van der Waals surface area contributed by atoms with E-state index in [9.17, 15) is 4.79 Å². The zero-order valence-corrected chi connectivity index (χ0v) is 13.4. The Labute approximate surface area is 136 Å². The molecule has 0 aliphatic heterocycles. The van der Waals surface area contributed by atoms with Crippen LogP contribution in [0.2, 0.25) is 0 Å². The maximum Gasteiger partial charge on any atom is 0.315 e. The van der Waals surface area contributed by atoms with Crippen molar-refractivity contribution in [2.24, 2.45) is 5.92 Å². The van der Waals surface area contributed by atoms with E-state index in [1.54, 1.807) is 18.7 Å². The molecule has 2 aromatic rings. The van der Waals surface area contributed by atoms with Crippen LogP contribution < -0.4 is 10.6 Å². The molecule has 0 aromatic carbocycles. The van der Waals surface area contributed by atoms with Crippen LogP contribution in [0.25, 0.3) is 5.82 Å². The van der Waals surface area contributed by atoms with Gasteiger partial charge in [0.1, 0.15) is 12.1 Å². The first-order chi connectivity index (χ1) is 11.2. The van der Waals surface area contributed by atoms with Gasteiger partial charge in [0.2, 0.25) is 0 Å². The van der Waals surface area contributed by atoms with Gasteiger partial charge in [-0.2, -0.15) is 0 Å². The number of nitrogens with zero attached hydrogens (tertiary/aromatic N) is 3. The first-order valence-corrected chi connectivity index (χ1v) is 8.18. The van der Waals surface area contributed by atoms with Gasteiger partial charge in [0.25, 0.3) is 0 Å². The summed E-state index contributed by atoms with van der Waals surface area (Å²) in [5, 5.41) is 6.01. The normalized spacial score (nSPS) is 20.9. The summed E-state index contributed by atoms with van der Waals surface area (Å²) < 4.78 is 1.84. The first-order valence-electron chi connectivity index (χ1n) is 8.18.